The van der Waals surface area contributed by atoms with Crippen LogP contribution in [-0.2, 0) is 0 Å². The van der Waals surface area contributed by atoms with Crippen LogP contribution in [0.2, 0.25) is 0 Å². The number of methoxy groups -OCH3 is 6. The first-order valence-corrected chi connectivity index (χ1v) is 10.8. The van der Waals surface area contributed by atoms with Gasteiger partial charge in [0.2, 0.25) is 5.75 Å². The molecule has 32 heavy (non-hydrogen) atoms. The SMILES string of the molecule is COc1cc(OC)c(C2SCCN2C(=O)Nc2cc(OC)c(OC)c(OC)c2)cc1OC. The lowest BCUT2D eigenvalue weighted by atomic mass is 10.1. The number of rotatable bonds is 8. The summed E-state index contributed by atoms with van der Waals surface area (Å²) >= 11 is 1.65. The van der Waals surface area contributed by atoms with Crippen LogP contribution in [0.25, 0.3) is 0 Å². The van der Waals surface area contributed by atoms with Crippen LogP contribution >= 0.6 is 11.8 Å². The molecule has 1 N–H and O–H groups in total. The van der Waals surface area contributed by atoms with Crippen LogP contribution in [0.4, 0.5) is 10.5 Å². The molecule has 0 aliphatic carbocycles. The number of hydrogen-bond donors (Lipinski definition) is 1. The van der Waals surface area contributed by atoms with Crippen molar-refractivity contribution in [2.45, 2.75) is 5.37 Å². The molecule has 3 rings (SSSR count). The van der Waals surface area contributed by atoms with Crippen LogP contribution in [0.3, 0.4) is 0 Å². The van der Waals surface area contributed by atoms with Crippen molar-refractivity contribution in [3.63, 3.8) is 0 Å². The molecule has 2 aromatic rings. The topological polar surface area (TPSA) is 87.7 Å². The summed E-state index contributed by atoms with van der Waals surface area (Å²) in [4.78, 5) is 15.0. The molecule has 1 saturated heterocycles. The second-order valence-electron chi connectivity index (χ2n) is 6.71. The van der Waals surface area contributed by atoms with Gasteiger partial charge in [0.1, 0.15) is 11.1 Å². The van der Waals surface area contributed by atoms with Crippen molar-refractivity contribution in [3.05, 3.63) is 29.8 Å². The summed E-state index contributed by atoms with van der Waals surface area (Å²) in [5, 5.41) is 2.68. The van der Waals surface area contributed by atoms with Crippen LogP contribution < -0.4 is 33.7 Å². The molecule has 1 fully saturated rings. The lowest BCUT2D eigenvalue weighted by molar-refractivity contribution is 0.213. The molecule has 0 aromatic heterocycles. The van der Waals surface area contributed by atoms with Gasteiger partial charge in [0.05, 0.1) is 48.3 Å². The number of carbonyl (C=O) groups excluding carboxylic acids is 1. The smallest absolute Gasteiger partial charge is 0.323 e. The maximum atomic E-state index is 13.2. The minimum absolute atomic E-state index is 0.258. The van der Waals surface area contributed by atoms with Crippen LogP contribution in [0.15, 0.2) is 24.3 Å². The number of benzene rings is 2. The van der Waals surface area contributed by atoms with Gasteiger partial charge in [-0.25, -0.2) is 4.79 Å². The van der Waals surface area contributed by atoms with Crippen molar-refractivity contribution in [1.82, 2.24) is 4.90 Å². The van der Waals surface area contributed by atoms with Crippen LogP contribution in [-0.4, -0.2) is 65.9 Å². The highest BCUT2D eigenvalue weighted by atomic mass is 32.2. The Morgan fingerprint density at radius 1 is 0.812 bits per heavy atom. The van der Waals surface area contributed by atoms with Crippen LogP contribution in [0.1, 0.15) is 10.9 Å². The highest BCUT2D eigenvalue weighted by Crippen LogP contribution is 2.46. The van der Waals surface area contributed by atoms with Gasteiger partial charge in [0.25, 0.3) is 0 Å². The van der Waals surface area contributed by atoms with Crippen molar-refractivity contribution in [1.29, 1.82) is 0 Å². The molecule has 0 radical (unpaired) electrons. The predicted molar refractivity (Wildman–Crippen MR) is 123 cm³/mol. The first-order valence-electron chi connectivity index (χ1n) is 9.80. The zero-order valence-electron chi connectivity index (χ0n) is 19.0. The molecule has 2 aromatic carbocycles. The number of ether oxygens (including phenoxy) is 6. The molecular weight excluding hydrogens is 436 g/mol. The lowest BCUT2D eigenvalue weighted by Gasteiger charge is -2.26. The Kier molecular flexibility index (Phi) is 7.68. The summed E-state index contributed by atoms with van der Waals surface area (Å²) in [7, 11) is 9.31. The Hall–Kier alpha value is -3.14. The van der Waals surface area contributed by atoms with Gasteiger partial charge in [-0.05, 0) is 6.07 Å². The molecule has 10 heteroatoms. The minimum atomic E-state index is -0.258. The average Bonchev–Trinajstić information content (AvgIpc) is 3.32. The fourth-order valence-corrected chi connectivity index (χ4v) is 4.80. The number of nitrogens with one attached hydrogen (secondary N) is 1. The molecule has 0 spiro atoms. The third kappa shape index (κ3) is 4.55. The fourth-order valence-electron chi connectivity index (χ4n) is 3.53. The van der Waals surface area contributed by atoms with E-state index in [2.05, 4.69) is 5.32 Å². The summed E-state index contributed by atoms with van der Waals surface area (Å²) < 4.78 is 32.5. The molecule has 1 heterocycles. The first kappa shape index (κ1) is 23.5. The largest absolute Gasteiger partial charge is 0.496 e. The zero-order valence-corrected chi connectivity index (χ0v) is 19.8. The average molecular weight is 465 g/mol. The highest BCUT2D eigenvalue weighted by Gasteiger charge is 2.34. The fraction of sp³-hybridized carbons (Fsp3) is 0.409. The van der Waals surface area contributed by atoms with E-state index in [1.54, 1.807) is 56.2 Å². The Balaban J connectivity index is 1.90. The van der Waals surface area contributed by atoms with E-state index < -0.39 is 0 Å². The zero-order chi connectivity index (χ0) is 23.3. The van der Waals surface area contributed by atoms with Crippen molar-refractivity contribution in [3.8, 4) is 34.5 Å². The molecular formula is C22H28N2O7S. The molecule has 1 aliphatic heterocycles. The number of urea groups is 1. The monoisotopic (exact) mass is 464 g/mol. The second-order valence-corrected chi connectivity index (χ2v) is 7.90. The molecule has 0 saturated carbocycles. The Labute approximate surface area is 191 Å². The van der Waals surface area contributed by atoms with E-state index in [0.29, 0.717) is 46.7 Å². The molecule has 0 bridgehead atoms. The van der Waals surface area contributed by atoms with E-state index in [9.17, 15) is 4.79 Å². The molecule has 1 aliphatic rings. The number of anilines is 1. The molecule has 1 unspecified atom stereocenters. The molecule has 9 nitrogen and oxygen atoms in total. The summed E-state index contributed by atoms with van der Waals surface area (Å²) in [5.74, 6) is 3.90. The van der Waals surface area contributed by atoms with E-state index in [0.717, 1.165) is 11.3 Å². The van der Waals surface area contributed by atoms with E-state index in [1.165, 1.54) is 21.3 Å². The van der Waals surface area contributed by atoms with Gasteiger partial charge >= 0.3 is 6.03 Å². The van der Waals surface area contributed by atoms with E-state index >= 15 is 0 Å². The quantitative estimate of drug-likeness (QED) is 0.627. The Bertz CT molecular complexity index is 945. The van der Waals surface area contributed by atoms with Gasteiger partial charge in [-0.2, -0.15) is 0 Å². The van der Waals surface area contributed by atoms with E-state index in [1.807, 2.05) is 6.07 Å². The predicted octanol–water partition coefficient (Wildman–Crippen LogP) is 4.02. The third-order valence-electron chi connectivity index (χ3n) is 5.07. The maximum absolute atomic E-state index is 13.2. The van der Waals surface area contributed by atoms with Crippen LogP contribution in [0.5, 0.6) is 34.5 Å². The van der Waals surface area contributed by atoms with Gasteiger partial charge in [-0.15, -0.1) is 11.8 Å². The Morgan fingerprint density at radius 2 is 1.38 bits per heavy atom. The number of hydrogen-bond acceptors (Lipinski definition) is 8. The van der Waals surface area contributed by atoms with Crippen molar-refractivity contribution in [2.24, 2.45) is 0 Å². The van der Waals surface area contributed by atoms with Gasteiger partial charge in [-0.3, -0.25) is 0 Å². The lowest BCUT2D eigenvalue weighted by Crippen LogP contribution is -2.34. The summed E-state index contributed by atoms with van der Waals surface area (Å²) in [6.07, 6.45) is 0. The summed E-state index contributed by atoms with van der Waals surface area (Å²) in [6.45, 7) is 0.573. The summed E-state index contributed by atoms with van der Waals surface area (Å²) in [6, 6.07) is 6.73. The first-order chi connectivity index (χ1) is 15.5. The van der Waals surface area contributed by atoms with Crippen molar-refractivity contribution < 1.29 is 33.2 Å². The second kappa shape index (κ2) is 10.4. The van der Waals surface area contributed by atoms with E-state index in [4.69, 9.17) is 28.4 Å². The number of carbonyl (C=O) groups is 1. The maximum Gasteiger partial charge on any atom is 0.323 e. The molecule has 174 valence electrons. The normalized spacial score (nSPS) is 15.2. The number of thioether (sulfide) groups is 1. The van der Waals surface area contributed by atoms with E-state index in [-0.39, 0.29) is 11.4 Å². The molecule has 1 atom stereocenters. The van der Waals surface area contributed by atoms with Crippen molar-refractivity contribution >= 4 is 23.5 Å². The Morgan fingerprint density at radius 3 is 1.91 bits per heavy atom. The standard InChI is InChI=1S/C22H28N2O7S/c1-26-15-12-17(28-3)16(27-2)11-14(15)21-24(7-8-32-21)22(25)23-13-9-18(29-4)20(31-6)19(10-13)30-5/h9-12,21H,7-8H2,1-6H3,(H,23,25). The number of nitrogens with zero attached hydrogens (tertiary/aromatic N) is 1. The minimum Gasteiger partial charge on any atom is -0.496 e. The van der Waals surface area contributed by atoms with Gasteiger partial charge < -0.3 is 38.6 Å². The van der Waals surface area contributed by atoms with Crippen LogP contribution in [0, 0.1) is 0 Å². The number of amides is 2. The van der Waals surface area contributed by atoms with Gasteiger partial charge in [0, 0.05) is 36.1 Å². The third-order valence-corrected chi connectivity index (χ3v) is 6.31. The molecule has 2 amide bonds. The van der Waals surface area contributed by atoms with Gasteiger partial charge in [0.15, 0.2) is 23.0 Å². The van der Waals surface area contributed by atoms with Crippen molar-refractivity contribution in [2.75, 3.05) is 60.3 Å². The summed E-state index contributed by atoms with van der Waals surface area (Å²) in [5.41, 5.74) is 1.35. The van der Waals surface area contributed by atoms with Gasteiger partial charge in [-0.1, -0.05) is 0 Å². The highest BCUT2D eigenvalue weighted by molar-refractivity contribution is 7.99.